The minimum atomic E-state index is -0.291. The fraction of sp³-hybridized carbons (Fsp3) is 0.167. The Morgan fingerprint density at radius 3 is 2.57 bits per heavy atom. The molecule has 0 aliphatic rings. The van der Waals surface area contributed by atoms with Crippen LogP contribution < -0.4 is 0 Å². The zero-order valence-corrected chi connectivity index (χ0v) is 7.97. The Morgan fingerprint density at radius 2 is 1.79 bits per heavy atom. The third kappa shape index (κ3) is 1.50. The van der Waals surface area contributed by atoms with Crippen LogP contribution in [-0.4, -0.2) is 5.26 Å². The van der Waals surface area contributed by atoms with Gasteiger partial charge >= 0.3 is 0 Å². The van der Waals surface area contributed by atoms with Crippen LogP contribution in [-0.2, 0) is 4.89 Å². The summed E-state index contributed by atoms with van der Waals surface area (Å²) < 4.78 is 0. The second kappa shape index (κ2) is 3.78. The summed E-state index contributed by atoms with van der Waals surface area (Å²) in [6.07, 6.45) is -0.291. The van der Waals surface area contributed by atoms with E-state index in [1.54, 1.807) is 0 Å². The molecule has 0 fully saturated rings. The Hall–Kier alpha value is -1.38. The molecule has 0 aliphatic heterocycles. The first-order chi connectivity index (χ1) is 6.83. The normalized spacial score (nSPS) is 13.0. The van der Waals surface area contributed by atoms with Crippen molar-refractivity contribution in [3.05, 3.63) is 48.0 Å². The summed E-state index contributed by atoms with van der Waals surface area (Å²) in [4.78, 5) is 4.34. The molecular weight excluding hydrogens is 176 g/mol. The van der Waals surface area contributed by atoms with E-state index in [0.717, 1.165) is 16.3 Å². The topological polar surface area (TPSA) is 29.5 Å². The molecule has 0 saturated heterocycles. The van der Waals surface area contributed by atoms with E-state index in [2.05, 4.69) is 4.89 Å². The molecule has 2 heteroatoms. The molecule has 0 amide bonds. The highest BCUT2D eigenvalue weighted by Gasteiger charge is 2.08. The second-order valence-corrected chi connectivity index (χ2v) is 3.32. The van der Waals surface area contributed by atoms with Gasteiger partial charge in [-0.1, -0.05) is 42.5 Å². The van der Waals surface area contributed by atoms with Crippen LogP contribution in [0.15, 0.2) is 42.5 Å². The molecule has 2 aromatic carbocycles. The first-order valence-corrected chi connectivity index (χ1v) is 4.61. The fourth-order valence-corrected chi connectivity index (χ4v) is 1.66. The summed E-state index contributed by atoms with van der Waals surface area (Å²) in [7, 11) is 0. The van der Waals surface area contributed by atoms with E-state index in [9.17, 15) is 0 Å². The molecule has 0 radical (unpaired) electrons. The van der Waals surface area contributed by atoms with Crippen LogP contribution in [0.5, 0.6) is 0 Å². The Kier molecular flexibility index (Phi) is 2.48. The maximum atomic E-state index is 8.65. The van der Waals surface area contributed by atoms with Crippen molar-refractivity contribution in [2.75, 3.05) is 0 Å². The van der Waals surface area contributed by atoms with Gasteiger partial charge in [-0.2, -0.15) is 0 Å². The molecule has 1 unspecified atom stereocenters. The lowest BCUT2D eigenvalue weighted by Crippen LogP contribution is -1.96. The van der Waals surface area contributed by atoms with Crippen molar-refractivity contribution < 1.29 is 10.1 Å². The van der Waals surface area contributed by atoms with Crippen LogP contribution in [0.4, 0.5) is 0 Å². The summed E-state index contributed by atoms with van der Waals surface area (Å²) in [6, 6.07) is 14.0. The highest BCUT2D eigenvalue weighted by Crippen LogP contribution is 2.25. The Morgan fingerprint density at radius 1 is 1.07 bits per heavy atom. The number of benzene rings is 2. The molecule has 0 aromatic heterocycles. The quantitative estimate of drug-likeness (QED) is 0.578. The smallest absolute Gasteiger partial charge is 0.115 e. The highest BCUT2D eigenvalue weighted by atomic mass is 17.1. The van der Waals surface area contributed by atoms with Gasteiger partial charge in [0, 0.05) is 0 Å². The van der Waals surface area contributed by atoms with Crippen molar-refractivity contribution in [1.82, 2.24) is 0 Å². The highest BCUT2D eigenvalue weighted by molar-refractivity contribution is 5.85. The number of hydrogen-bond acceptors (Lipinski definition) is 2. The molecule has 0 heterocycles. The van der Waals surface area contributed by atoms with Crippen LogP contribution in [0, 0.1) is 0 Å². The van der Waals surface area contributed by atoms with Crippen molar-refractivity contribution in [2.24, 2.45) is 0 Å². The van der Waals surface area contributed by atoms with E-state index in [-0.39, 0.29) is 6.10 Å². The van der Waals surface area contributed by atoms with Gasteiger partial charge in [0.05, 0.1) is 0 Å². The average molecular weight is 188 g/mol. The summed E-state index contributed by atoms with van der Waals surface area (Å²) >= 11 is 0. The summed E-state index contributed by atoms with van der Waals surface area (Å²) in [6.45, 7) is 1.82. The molecule has 2 aromatic rings. The van der Waals surface area contributed by atoms with E-state index in [1.807, 2.05) is 49.4 Å². The van der Waals surface area contributed by atoms with Gasteiger partial charge < -0.3 is 0 Å². The summed E-state index contributed by atoms with van der Waals surface area (Å²) in [5.74, 6) is 0. The number of hydrogen-bond donors (Lipinski definition) is 1. The van der Waals surface area contributed by atoms with Gasteiger partial charge in [-0.25, -0.2) is 4.89 Å². The van der Waals surface area contributed by atoms with Crippen molar-refractivity contribution in [2.45, 2.75) is 13.0 Å². The predicted octanol–water partition coefficient (Wildman–Crippen LogP) is 3.39. The molecule has 2 rings (SSSR count). The molecule has 0 aliphatic carbocycles. The maximum absolute atomic E-state index is 8.65. The van der Waals surface area contributed by atoms with E-state index >= 15 is 0 Å². The van der Waals surface area contributed by atoms with Gasteiger partial charge in [0.15, 0.2) is 0 Å². The van der Waals surface area contributed by atoms with Crippen molar-refractivity contribution >= 4 is 10.8 Å². The standard InChI is InChI=1S/C12H12O2/c1-9(14-13)11-8-4-6-10-5-2-3-7-12(10)11/h2-9,13H,1H3. The van der Waals surface area contributed by atoms with E-state index in [4.69, 9.17) is 5.26 Å². The van der Waals surface area contributed by atoms with Gasteiger partial charge in [-0.3, -0.25) is 5.26 Å². The second-order valence-electron chi connectivity index (χ2n) is 3.32. The number of rotatable bonds is 2. The van der Waals surface area contributed by atoms with Crippen LogP contribution in [0.25, 0.3) is 10.8 Å². The largest absolute Gasteiger partial charge is 0.251 e. The Bertz CT molecular complexity index is 432. The van der Waals surface area contributed by atoms with Gasteiger partial charge in [-0.05, 0) is 23.3 Å². The zero-order chi connectivity index (χ0) is 9.97. The van der Waals surface area contributed by atoms with Gasteiger partial charge in [0.2, 0.25) is 0 Å². The van der Waals surface area contributed by atoms with Crippen LogP contribution in [0.3, 0.4) is 0 Å². The minimum absolute atomic E-state index is 0.291. The van der Waals surface area contributed by atoms with Crippen LogP contribution in [0.2, 0.25) is 0 Å². The first kappa shape index (κ1) is 9.19. The first-order valence-electron chi connectivity index (χ1n) is 4.61. The van der Waals surface area contributed by atoms with E-state index in [0.29, 0.717) is 0 Å². The lowest BCUT2D eigenvalue weighted by molar-refractivity contribution is -0.276. The monoisotopic (exact) mass is 188 g/mol. The third-order valence-electron chi connectivity index (χ3n) is 2.42. The SMILES string of the molecule is CC(OO)c1cccc2ccccc12. The molecule has 0 saturated carbocycles. The van der Waals surface area contributed by atoms with Crippen molar-refractivity contribution in [1.29, 1.82) is 0 Å². The average Bonchev–Trinajstić information content (AvgIpc) is 2.27. The molecule has 0 bridgehead atoms. The molecule has 14 heavy (non-hydrogen) atoms. The van der Waals surface area contributed by atoms with Crippen molar-refractivity contribution in [3.8, 4) is 0 Å². The number of fused-ring (bicyclic) bond motifs is 1. The van der Waals surface area contributed by atoms with Gasteiger partial charge in [-0.15, -0.1) is 0 Å². The van der Waals surface area contributed by atoms with Crippen molar-refractivity contribution in [3.63, 3.8) is 0 Å². The molecule has 1 N–H and O–H groups in total. The Balaban J connectivity index is 2.65. The fourth-order valence-electron chi connectivity index (χ4n) is 1.66. The molecule has 72 valence electrons. The van der Waals surface area contributed by atoms with Crippen LogP contribution >= 0.6 is 0 Å². The zero-order valence-electron chi connectivity index (χ0n) is 7.97. The lowest BCUT2D eigenvalue weighted by atomic mass is 10.0. The van der Waals surface area contributed by atoms with Gasteiger partial charge in [0.25, 0.3) is 0 Å². The molecular formula is C12H12O2. The van der Waals surface area contributed by atoms with Gasteiger partial charge in [0.1, 0.15) is 6.10 Å². The molecule has 1 atom stereocenters. The Labute approximate surface area is 82.7 Å². The molecule has 2 nitrogen and oxygen atoms in total. The van der Waals surface area contributed by atoms with E-state index < -0.39 is 0 Å². The third-order valence-corrected chi connectivity index (χ3v) is 2.42. The molecule has 0 spiro atoms. The maximum Gasteiger partial charge on any atom is 0.115 e. The van der Waals surface area contributed by atoms with E-state index in [1.165, 1.54) is 0 Å². The summed E-state index contributed by atoms with van der Waals surface area (Å²) in [5, 5.41) is 10.9. The lowest BCUT2D eigenvalue weighted by Gasteiger charge is -2.10. The summed E-state index contributed by atoms with van der Waals surface area (Å²) in [5.41, 5.74) is 1.01. The predicted molar refractivity (Wildman–Crippen MR) is 56.1 cm³/mol. The minimum Gasteiger partial charge on any atom is -0.251 e. The van der Waals surface area contributed by atoms with Crippen LogP contribution in [0.1, 0.15) is 18.6 Å².